The van der Waals surface area contributed by atoms with Gasteiger partial charge in [0, 0.05) is 17.5 Å². The Kier molecular flexibility index (Phi) is 4.28. The van der Waals surface area contributed by atoms with E-state index in [-0.39, 0.29) is 11.9 Å². The molecule has 0 bridgehead atoms. The molecule has 0 aromatic heterocycles. The highest BCUT2D eigenvalue weighted by Crippen LogP contribution is 2.31. The van der Waals surface area contributed by atoms with Crippen molar-refractivity contribution in [1.82, 2.24) is 5.32 Å². The molecule has 4 heteroatoms. The maximum absolute atomic E-state index is 12.5. The van der Waals surface area contributed by atoms with E-state index in [1.807, 2.05) is 43.3 Å². The van der Waals surface area contributed by atoms with Gasteiger partial charge in [-0.05, 0) is 31.2 Å². The lowest BCUT2D eigenvalue weighted by atomic mass is 10.00. The number of hydrogen-bond acceptors (Lipinski definition) is 3. The lowest BCUT2D eigenvalue weighted by Gasteiger charge is -2.26. The number of benzene rings is 2. The van der Waals surface area contributed by atoms with E-state index in [0.717, 1.165) is 17.7 Å². The minimum atomic E-state index is -0.0942. The van der Waals surface area contributed by atoms with Crippen molar-refractivity contribution in [3.8, 4) is 11.5 Å². The van der Waals surface area contributed by atoms with Gasteiger partial charge in [0.05, 0.1) is 19.3 Å². The molecule has 0 saturated carbocycles. The van der Waals surface area contributed by atoms with Crippen LogP contribution in [0.25, 0.3) is 0 Å². The van der Waals surface area contributed by atoms with E-state index < -0.39 is 0 Å². The smallest absolute Gasteiger partial charge is 0.251 e. The standard InChI is InChI=1S/C18H19NO3/c1-2-21-14-7-5-6-13(12-14)18(20)19-16-10-11-22-17-9-4-3-8-15(16)17/h3-9,12,16H,2,10-11H2,1H3,(H,19,20)/t16-/m1/s1. The minimum absolute atomic E-state index is 0.0202. The predicted octanol–water partition coefficient (Wildman–Crippen LogP) is 3.34. The molecule has 0 unspecified atom stereocenters. The first-order valence-electron chi connectivity index (χ1n) is 7.53. The molecule has 114 valence electrons. The van der Waals surface area contributed by atoms with Crippen LogP contribution >= 0.6 is 0 Å². The van der Waals surface area contributed by atoms with E-state index >= 15 is 0 Å². The number of amides is 1. The molecule has 0 aliphatic carbocycles. The van der Waals surface area contributed by atoms with Gasteiger partial charge in [0.2, 0.25) is 0 Å². The van der Waals surface area contributed by atoms with Crippen molar-refractivity contribution < 1.29 is 14.3 Å². The molecular weight excluding hydrogens is 278 g/mol. The van der Waals surface area contributed by atoms with E-state index in [0.29, 0.717) is 24.5 Å². The van der Waals surface area contributed by atoms with Gasteiger partial charge in [-0.2, -0.15) is 0 Å². The number of fused-ring (bicyclic) bond motifs is 1. The number of nitrogens with one attached hydrogen (secondary N) is 1. The number of carbonyl (C=O) groups is 1. The highest BCUT2D eigenvalue weighted by molar-refractivity contribution is 5.94. The quantitative estimate of drug-likeness (QED) is 0.941. The summed E-state index contributed by atoms with van der Waals surface area (Å²) in [6.07, 6.45) is 0.772. The first-order valence-corrected chi connectivity index (χ1v) is 7.53. The number of para-hydroxylation sites is 1. The van der Waals surface area contributed by atoms with Crippen molar-refractivity contribution in [2.45, 2.75) is 19.4 Å². The van der Waals surface area contributed by atoms with Gasteiger partial charge in [-0.15, -0.1) is 0 Å². The maximum Gasteiger partial charge on any atom is 0.251 e. The van der Waals surface area contributed by atoms with Crippen LogP contribution in [0.2, 0.25) is 0 Å². The number of carbonyl (C=O) groups excluding carboxylic acids is 1. The maximum atomic E-state index is 12.5. The molecule has 0 radical (unpaired) electrons. The van der Waals surface area contributed by atoms with Crippen LogP contribution in [-0.2, 0) is 0 Å². The molecule has 1 amide bonds. The molecule has 1 aliphatic heterocycles. The fraction of sp³-hybridized carbons (Fsp3) is 0.278. The molecular formula is C18H19NO3. The predicted molar refractivity (Wildman–Crippen MR) is 84.4 cm³/mol. The lowest BCUT2D eigenvalue weighted by molar-refractivity contribution is 0.0924. The number of ether oxygens (including phenoxy) is 2. The zero-order valence-corrected chi connectivity index (χ0v) is 12.5. The summed E-state index contributed by atoms with van der Waals surface area (Å²) in [6, 6.07) is 15.1. The molecule has 3 rings (SSSR count). The zero-order valence-electron chi connectivity index (χ0n) is 12.5. The van der Waals surface area contributed by atoms with Crippen LogP contribution in [0, 0.1) is 0 Å². The highest BCUT2D eigenvalue weighted by atomic mass is 16.5. The molecule has 4 nitrogen and oxygen atoms in total. The molecule has 0 fully saturated rings. The second kappa shape index (κ2) is 6.52. The van der Waals surface area contributed by atoms with Crippen LogP contribution < -0.4 is 14.8 Å². The average Bonchev–Trinajstić information content (AvgIpc) is 2.56. The van der Waals surface area contributed by atoms with Gasteiger partial charge in [0.15, 0.2) is 0 Å². The Labute approximate surface area is 130 Å². The lowest BCUT2D eigenvalue weighted by Crippen LogP contribution is -2.32. The monoisotopic (exact) mass is 297 g/mol. The highest BCUT2D eigenvalue weighted by Gasteiger charge is 2.23. The second-order valence-corrected chi connectivity index (χ2v) is 5.16. The molecule has 1 atom stereocenters. The molecule has 2 aromatic carbocycles. The first kappa shape index (κ1) is 14.4. The second-order valence-electron chi connectivity index (χ2n) is 5.16. The molecule has 22 heavy (non-hydrogen) atoms. The Hall–Kier alpha value is -2.49. The van der Waals surface area contributed by atoms with E-state index in [2.05, 4.69) is 5.32 Å². The van der Waals surface area contributed by atoms with E-state index in [9.17, 15) is 4.79 Å². The van der Waals surface area contributed by atoms with E-state index in [4.69, 9.17) is 9.47 Å². The van der Waals surface area contributed by atoms with Gasteiger partial charge in [-0.1, -0.05) is 24.3 Å². The SMILES string of the molecule is CCOc1cccc(C(=O)N[C@@H]2CCOc3ccccc32)c1. The molecule has 1 N–H and O–H groups in total. The van der Waals surface area contributed by atoms with Gasteiger partial charge in [-0.3, -0.25) is 4.79 Å². The summed E-state index contributed by atoms with van der Waals surface area (Å²) >= 11 is 0. The summed E-state index contributed by atoms with van der Waals surface area (Å²) in [5.41, 5.74) is 1.64. The first-order chi connectivity index (χ1) is 10.8. The summed E-state index contributed by atoms with van der Waals surface area (Å²) in [4.78, 5) is 12.5. The van der Waals surface area contributed by atoms with Crippen molar-refractivity contribution in [1.29, 1.82) is 0 Å². The third-order valence-corrected chi connectivity index (χ3v) is 3.67. The Morgan fingerprint density at radius 2 is 2.14 bits per heavy atom. The summed E-state index contributed by atoms with van der Waals surface area (Å²) in [6.45, 7) is 3.12. The third kappa shape index (κ3) is 3.06. The fourth-order valence-electron chi connectivity index (χ4n) is 2.63. The van der Waals surface area contributed by atoms with Crippen LogP contribution in [0.3, 0.4) is 0 Å². The Bertz CT molecular complexity index is 669. The number of rotatable bonds is 4. The van der Waals surface area contributed by atoms with Crippen LogP contribution in [0.4, 0.5) is 0 Å². The Morgan fingerprint density at radius 3 is 3.00 bits per heavy atom. The normalized spacial score (nSPS) is 16.3. The van der Waals surface area contributed by atoms with Crippen molar-refractivity contribution in [3.05, 3.63) is 59.7 Å². The van der Waals surface area contributed by atoms with E-state index in [1.165, 1.54) is 0 Å². The minimum Gasteiger partial charge on any atom is -0.494 e. The van der Waals surface area contributed by atoms with Gasteiger partial charge < -0.3 is 14.8 Å². The molecule has 1 heterocycles. The third-order valence-electron chi connectivity index (χ3n) is 3.67. The van der Waals surface area contributed by atoms with Crippen LogP contribution in [0.5, 0.6) is 11.5 Å². The van der Waals surface area contributed by atoms with Crippen molar-refractivity contribution in [3.63, 3.8) is 0 Å². The number of hydrogen-bond donors (Lipinski definition) is 1. The van der Waals surface area contributed by atoms with Crippen molar-refractivity contribution in [2.75, 3.05) is 13.2 Å². The molecule has 1 aliphatic rings. The van der Waals surface area contributed by atoms with Crippen molar-refractivity contribution >= 4 is 5.91 Å². The van der Waals surface area contributed by atoms with Gasteiger partial charge in [0.25, 0.3) is 5.91 Å². The Balaban J connectivity index is 1.76. The Morgan fingerprint density at radius 1 is 1.27 bits per heavy atom. The molecule has 0 saturated heterocycles. The molecule has 0 spiro atoms. The van der Waals surface area contributed by atoms with Gasteiger partial charge in [0.1, 0.15) is 11.5 Å². The molecule has 2 aromatic rings. The topological polar surface area (TPSA) is 47.6 Å². The zero-order chi connectivity index (χ0) is 15.4. The van der Waals surface area contributed by atoms with Crippen LogP contribution in [-0.4, -0.2) is 19.1 Å². The van der Waals surface area contributed by atoms with Gasteiger partial charge >= 0.3 is 0 Å². The average molecular weight is 297 g/mol. The van der Waals surface area contributed by atoms with Crippen LogP contribution in [0.15, 0.2) is 48.5 Å². The van der Waals surface area contributed by atoms with Crippen molar-refractivity contribution in [2.24, 2.45) is 0 Å². The van der Waals surface area contributed by atoms with Crippen LogP contribution in [0.1, 0.15) is 35.3 Å². The fourth-order valence-corrected chi connectivity index (χ4v) is 2.63. The summed E-state index contributed by atoms with van der Waals surface area (Å²) in [7, 11) is 0. The summed E-state index contributed by atoms with van der Waals surface area (Å²) < 4.78 is 11.1. The summed E-state index contributed by atoms with van der Waals surface area (Å²) in [5, 5.41) is 3.09. The van der Waals surface area contributed by atoms with E-state index in [1.54, 1.807) is 12.1 Å². The van der Waals surface area contributed by atoms with Gasteiger partial charge in [-0.25, -0.2) is 0 Å². The summed E-state index contributed by atoms with van der Waals surface area (Å²) in [5.74, 6) is 1.47. The largest absolute Gasteiger partial charge is 0.494 e.